The summed E-state index contributed by atoms with van der Waals surface area (Å²) in [6, 6.07) is 0. The van der Waals surface area contributed by atoms with Crippen molar-refractivity contribution in [1.82, 2.24) is 15.3 Å². The van der Waals surface area contributed by atoms with Gasteiger partial charge in [0.05, 0.1) is 6.54 Å². The minimum Gasteiger partial charge on any atom is -0.361 e. The Kier molecular flexibility index (Phi) is 4.46. The maximum Gasteiger partial charge on any atom is 0.239 e. The Bertz CT molecular complexity index is 367. The number of rotatable bonds is 5. The first-order valence-corrected chi connectivity index (χ1v) is 4.97. The molecular weight excluding hydrogens is 208 g/mol. The molecule has 0 aromatic carbocycles. The molecule has 0 atom stereocenters. The Labute approximate surface area is 93.8 Å². The van der Waals surface area contributed by atoms with Gasteiger partial charge >= 0.3 is 0 Å². The van der Waals surface area contributed by atoms with E-state index in [1.807, 2.05) is 13.8 Å². The van der Waals surface area contributed by atoms with Crippen LogP contribution in [0.3, 0.4) is 0 Å². The fourth-order valence-electron chi connectivity index (χ4n) is 1.20. The molecule has 0 aliphatic heterocycles. The maximum atomic E-state index is 11.2. The average Bonchev–Trinajstić information content (AvgIpc) is 2.28. The Hall–Kier alpha value is -1.89. The smallest absolute Gasteiger partial charge is 0.239 e. The average molecular weight is 224 g/mol. The van der Waals surface area contributed by atoms with E-state index in [1.165, 1.54) is 6.33 Å². The summed E-state index contributed by atoms with van der Waals surface area (Å²) in [6.45, 7) is 4.47. The lowest BCUT2D eigenvalue weighted by Gasteiger charge is -2.10. The van der Waals surface area contributed by atoms with Crippen molar-refractivity contribution in [2.75, 3.05) is 23.8 Å². The number of carbonyl (C=O) groups is 1. The van der Waals surface area contributed by atoms with Gasteiger partial charge in [-0.05, 0) is 13.8 Å². The summed E-state index contributed by atoms with van der Waals surface area (Å²) in [5.74, 6) is 6.32. The molecule has 0 unspecified atom stereocenters. The van der Waals surface area contributed by atoms with Gasteiger partial charge in [-0.1, -0.05) is 0 Å². The Morgan fingerprint density at radius 3 is 2.75 bits per heavy atom. The van der Waals surface area contributed by atoms with Crippen molar-refractivity contribution in [2.45, 2.75) is 13.8 Å². The van der Waals surface area contributed by atoms with Gasteiger partial charge in [0.1, 0.15) is 18.0 Å². The lowest BCUT2D eigenvalue weighted by Crippen LogP contribution is -2.30. The number of carbonyl (C=O) groups excluding carboxylic acids is 1. The van der Waals surface area contributed by atoms with E-state index in [9.17, 15) is 4.79 Å². The highest BCUT2D eigenvalue weighted by atomic mass is 16.1. The van der Waals surface area contributed by atoms with Crippen LogP contribution in [0.5, 0.6) is 0 Å². The zero-order chi connectivity index (χ0) is 12.0. The normalized spacial score (nSPS) is 9.69. The molecule has 1 rings (SSSR count). The summed E-state index contributed by atoms with van der Waals surface area (Å²) >= 11 is 0. The van der Waals surface area contributed by atoms with Crippen LogP contribution in [0, 0.1) is 6.92 Å². The monoisotopic (exact) mass is 224 g/mol. The number of anilines is 2. The van der Waals surface area contributed by atoms with E-state index in [2.05, 4.69) is 26.0 Å². The molecule has 7 nitrogen and oxygen atoms in total. The molecule has 1 aromatic heterocycles. The number of nitrogens with two attached hydrogens (primary N) is 1. The lowest BCUT2D eigenvalue weighted by atomic mass is 10.3. The Morgan fingerprint density at radius 1 is 1.44 bits per heavy atom. The Balaban J connectivity index is 2.63. The van der Waals surface area contributed by atoms with E-state index in [0.29, 0.717) is 18.2 Å². The molecule has 1 heterocycles. The fourth-order valence-corrected chi connectivity index (χ4v) is 1.20. The first kappa shape index (κ1) is 12.2. The van der Waals surface area contributed by atoms with Crippen LogP contribution in [0.25, 0.3) is 0 Å². The van der Waals surface area contributed by atoms with Crippen molar-refractivity contribution in [2.24, 2.45) is 5.84 Å². The molecule has 7 heteroatoms. The lowest BCUT2D eigenvalue weighted by molar-refractivity contribution is -0.119. The van der Waals surface area contributed by atoms with Crippen molar-refractivity contribution in [3.63, 3.8) is 0 Å². The van der Waals surface area contributed by atoms with Crippen molar-refractivity contribution in [3.05, 3.63) is 11.9 Å². The van der Waals surface area contributed by atoms with Crippen LogP contribution in [-0.4, -0.2) is 29.0 Å². The van der Waals surface area contributed by atoms with Gasteiger partial charge in [0.15, 0.2) is 0 Å². The highest BCUT2D eigenvalue weighted by molar-refractivity contribution is 5.80. The van der Waals surface area contributed by atoms with E-state index in [1.54, 1.807) is 0 Å². The van der Waals surface area contributed by atoms with Gasteiger partial charge in [0.2, 0.25) is 5.91 Å². The van der Waals surface area contributed by atoms with E-state index in [4.69, 9.17) is 5.84 Å². The summed E-state index contributed by atoms with van der Waals surface area (Å²) in [6.07, 6.45) is 1.38. The zero-order valence-corrected chi connectivity index (χ0v) is 9.37. The fraction of sp³-hybridized carbons (Fsp3) is 0.444. The van der Waals surface area contributed by atoms with Crippen LogP contribution in [0.4, 0.5) is 11.6 Å². The minimum absolute atomic E-state index is 0.0808. The molecule has 0 aliphatic rings. The number of nitrogens with zero attached hydrogens (tertiary/aromatic N) is 2. The quantitative estimate of drug-likeness (QED) is 0.401. The van der Waals surface area contributed by atoms with E-state index in [0.717, 1.165) is 5.56 Å². The molecule has 1 amide bonds. The molecule has 0 spiro atoms. The third-order valence-electron chi connectivity index (χ3n) is 2.01. The molecule has 0 saturated carbocycles. The van der Waals surface area contributed by atoms with Gasteiger partial charge in [-0.25, -0.2) is 15.8 Å². The van der Waals surface area contributed by atoms with Crippen LogP contribution in [0.1, 0.15) is 12.5 Å². The summed E-state index contributed by atoms with van der Waals surface area (Å²) in [4.78, 5) is 19.2. The summed E-state index contributed by atoms with van der Waals surface area (Å²) in [5.41, 5.74) is 3.23. The molecular formula is C9H16N6O. The highest BCUT2D eigenvalue weighted by Gasteiger charge is 2.06. The van der Waals surface area contributed by atoms with Crippen LogP contribution in [0.15, 0.2) is 6.33 Å². The van der Waals surface area contributed by atoms with Crippen LogP contribution >= 0.6 is 0 Å². The second-order valence-electron chi connectivity index (χ2n) is 3.15. The summed E-state index contributed by atoms with van der Waals surface area (Å²) < 4.78 is 0. The molecule has 88 valence electrons. The van der Waals surface area contributed by atoms with Gasteiger partial charge in [0, 0.05) is 12.1 Å². The summed E-state index contributed by atoms with van der Waals surface area (Å²) in [7, 11) is 0. The molecule has 16 heavy (non-hydrogen) atoms. The predicted octanol–water partition coefficient (Wildman–Crippen LogP) is -0.381. The Morgan fingerprint density at radius 2 is 2.12 bits per heavy atom. The molecule has 0 radical (unpaired) electrons. The zero-order valence-electron chi connectivity index (χ0n) is 9.37. The summed E-state index contributed by atoms with van der Waals surface area (Å²) in [5, 5.41) is 5.59. The van der Waals surface area contributed by atoms with Gasteiger partial charge in [-0.3, -0.25) is 4.79 Å². The second kappa shape index (κ2) is 5.86. The first-order chi connectivity index (χ1) is 7.69. The van der Waals surface area contributed by atoms with Crippen molar-refractivity contribution < 1.29 is 4.79 Å². The number of aromatic nitrogens is 2. The van der Waals surface area contributed by atoms with Crippen molar-refractivity contribution >= 4 is 17.5 Å². The highest BCUT2D eigenvalue weighted by Crippen LogP contribution is 2.16. The van der Waals surface area contributed by atoms with Crippen molar-refractivity contribution in [1.29, 1.82) is 0 Å². The molecule has 0 bridgehead atoms. The van der Waals surface area contributed by atoms with Gasteiger partial charge in [-0.2, -0.15) is 0 Å². The van der Waals surface area contributed by atoms with Gasteiger partial charge < -0.3 is 16.1 Å². The molecule has 0 aliphatic carbocycles. The van der Waals surface area contributed by atoms with E-state index in [-0.39, 0.29) is 12.5 Å². The number of nitrogen functional groups attached to an aromatic ring is 1. The van der Waals surface area contributed by atoms with Crippen LogP contribution in [0.2, 0.25) is 0 Å². The van der Waals surface area contributed by atoms with Gasteiger partial charge in [-0.15, -0.1) is 0 Å². The first-order valence-electron chi connectivity index (χ1n) is 4.97. The SMILES string of the molecule is CCNC(=O)CNc1ncnc(NN)c1C. The third kappa shape index (κ3) is 3.06. The second-order valence-corrected chi connectivity index (χ2v) is 3.15. The molecule has 5 N–H and O–H groups in total. The van der Waals surface area contributed by atoms with Crippen LogP contribution in [-0.2, 0) is 4.79 Å². The molecule has 0 saturated heterocycles. The van der Waals surface area contributed by atoms with E-state index >= 15 is 0 Å². The third-order valence-corrected chi connectivity index (χ3v) is 2.01. The standard InChI is InChI=1S/C9H16N6O/c1-3-11-7(16)4-12-8-6(2)9(15-10)14-5-13-8/h5H,3-4,10H2,1-2H3,(H,11,16)(H2,12,13,14,15). The largest absolute Gasteiger partial charge is 0.361 e. The minimum atomic E-state index is -0.0808. The predicted molar refractivity (Wildman–Crippen MR) is 61.8 cm³/mol. The number of hydrogen-bond donors (Lipinski definition) is 4. The number of nitrogens with one attached hydrogen (secondary N) is 3. The van der Waals surface area contributed by atoms with Crippen molar-refractivity contribution in [3.8, 4) is 0 Å². The maximum absolute atomic E-state index is 11.2. The molecule has 0 fully saturated rings. The number of amides is 1. The van der Waals surface area contributed by atoms with Crippen LogP contribution < -0.4 is 21.9 Å². The topological polar surface area (TPSA) is 105 Å². The number of hydrazine groups is 1. The number of hydrogen-bond acceptors (Lipinski definition) is 6. The van der Waals surface area contributed by atoms with E-state index < -0.39 is 0 Å². The number of likely N-dealkylation sites (N-methyl/N-ethyl adjacent to an activating group) is 1. The molecule has 1 aromatic rings. The van der Waals surface area contributed by atoms with Gasteiger partial charge in [0.25, 0.3) is 0 Å².